The van der Waals surface area contributed by atoms with Crippen molar-refractivity contribution in [3.63, 3.8) is 0 Å². The maximum absolute atomic E-state index is 6.05. The van der Waals surface area contributed by atoms with Gasteiger partial charge >= 0.3 is 0 Å². The predicted molar refractivity (Wildman–Crippen MR) is 82.1 cm³/mol. The van der Waals surface area contributed by atoms with Gasteiger partial charge in [0.2, 0.25) is 0 Å². The molecule has 2 rings (SSSR count). The molecule has 18 heavy (non-hydrogen) atoms. The van der Waals surface area contributed by atoms with Crippen LogP contribution in [0.1, 0.15) is 11.4 Å². The first-order valence-corrected chi connectivity index (χ1v) is 7.32. The van der Waals surface area contributed by atoms with E-state index in [9.17, 15) is 0 Å². The number of aromatic nitrogens is 2. The van der Waals surface area contributed by atoms with Crippen molar-refractivity contribution in [1.29, 1.82) is 0 Å². The molecule has 0 aliphatic carbocycles. The molecular weight excluding hydrogens is 381 g/mol. The van der Waals surface area contributed by atoms with E-state index in [0.717, 1.165) is 26.0 Å². The first kappa shape index (κ1) is 13.9. The zero-order valence-electron chi connectivity index (χ0n) is 9.97. The third-order valence-corrected chi connectivity index (χ3v) is 4.91. The Bertz CT molecular complexity index is 581. The van der Waals surface area contributed by atoms with E-state index in [0.29, 0.717) is 11.6 Å². The first-order chi connectivity index (χ1) is 8.49. The van der Waals surface area contributed by atoms with Crippen molar-refractivity contribution in [3.05, 3.63) is 43.6 Å². The normalized spacial score (nSPS) is 10.7. The molecule has 96 valence electrons. The van der Waals surface area contributed by atoms with Gasteiger partial charge < -0.3 is 5.32 Å². The molecule has 0 aliphatic heterocycles. The Labute approximate surface area is 128 Å². The number of halogens is 3. The van der Waals surface area contributed by atoms with E-state index in [2.05, 4.69) is 42.3 Å². The summed E-state index contributed by atoms with van der Waals surface area (Å²) in [6, 6.07) is 5.80. The average Bonchev–Trinajstić information content (AvgIpc) is 2.56. The molecule has 0 amide bonds. The minimum absolute atomic E-state index is 0.690. The van der Waals surface area contributed by atoms with Crippen LogP contribution in [0.3, 0.4) is 0 Å². The van der Waals surface area contributed by atoms with Crippen LogP contribution in [-0.4, -0.2) is 9.78 Å². The highest BCUT2D eigenvalue weighted by atomic mass is 79.9. The Morgan fingerprint density at radius 2 is 2.11 bits per heavy atom. The Morgan fingerprint density at radius 1 is 1.39 bits per heavy atom. The molecule has 0 saturated carbocycles. The second kappa shape index (κ2) is 5.63. The van der Waals surface area contributed by atoms with Crippen molar-refractivity contribution in [3.8, 4) is 0 Å². The van der Waals surface area contributed by atoms with Crippen LogP contribution in [0.2, 0.25) is 5.02 Å². The molecule has 0 saturated heterocycles. The molecule has 0 aliphatic rings. The molecule has 0 unspecified atom stereocenters. The van der Waals surface area contributed by atoms with Gasteiger partial charge in [0.15, 0.2) is 0 Å². The summed E-state index contributed by atoms with van der Waals surface area (Å²) in [7, 11) is 1.93. The van der Waals surface area contributed by atoms with E-state index in [1.54, 1.807) is 0 Å². The number of nitrogens with one attached hydrogen (secondary N) is 1. The highest BCUT2D eigenvalue weighted by molar-refractivity contribution is 9.10. The van der Waals surface area contributed by atoms with E-state index in [-0.39, 0.29) is 0 Å². The van der Waals surface area contributed by atoms with Crippen LogP contribution in [0.15, 0.2) is 27.1 Å². The Hall–Kier alpha value is -0.520. The van der Waals surface area contributed by atoms with E-state index in [4.69, 9.17) is 11.6 Å². The van der Waals surface area contributed by atoms with Gasteiger partial charge in [0.05, 0.1) is 27.4 Å². The molecule has 0 spiro atoms. The molecule has 1 heterocycles. The van der Waals surface area contributed by atoms with Gasteiger partial charge in [-0.15, -0.1) is 0 Å². The van der Waals surface area contributed by atoms with Crippen molar-refractivity contribution in [2.24, 2.45) is 7.05 Å². The number of benzene rings is 1. The summed E-state index contributed by atoms with van der Waals surface area (Å²) in [6.07, 6.45) is 0. The van der Waals surface area contributed by atoms with Gasteiger partial charge in [-0.1, -0.05) is 11.6 Å². The largest absolute Gasteiger partial charge is 0.379 e. The molecule has 1 aromatic heterocycles. The molecule has 6 heteroatoms. The van der Waals surface area contributed by atoms with Gasteiger partial charge in [0.1, 0.15) is 0 Å². The van der Waals surface area contributed by atoms with Gasteiger partial charge in [-0.05, 0) is 57.0 Å². The third kappa shape index (κ3) is 2.90. The second-order valence-electron chi connectivity index (χ2n) is 3.95. The molecule has 0 radical (unpaired) electrons. The average molecular weight is 394 g/mol. The predicted octanol–water partition coefficient (Wildman–Crippen LogP) is 4.52. The highest BCUT2D eigenvalue weighted by Crippen LogP contribution is 2.26. The van der Waals surface area contributed by atoms with E-state index in [1.165, 1.54) is 0 Å². The number of nitrogens with zero attached hydrogens (tertiary/aromatic N) is 2. The van der Waals surface area contributed by atoms with Crippen LogP contribution in [0.25, 0.3) is 0 Å². The fourth-order valence-corrected chi connectivity index (χ4v) is 2.57. The maximum Gasteiger partial charge on any atom is 0.0739 e. The molecular formula is C12H12Br2ClN3. The van der Waals surface area contributed by atoms with Crippen LogP contribution < -0.4 is 5.32 Å². The van der Waals surface area contributed by atoms with E-state index < -0.39 is 0 Å². The number of rotatable bonds is 3. The summed E-state index contributed by atoms with van der Waals surface area (Å²) in [6.45, 7) is 2.67. The van der Waals surface area contributed by atoms with Gasteiger partial charge in [-0.3, -0.25) is 4.68 Å². The molecule has 3 nitrogen and oxygen atoms in total. The minimum Gasteiger partial charge on any atom is -0.379 e. The highest BCUT2D eigenvalue weighted by Gasteiger charge is 2.10. The van der Waals surface area contributed by atoms with E-state index in [1.807, 2.05) is 36.9 Å². The van der Waals surface area contributed by atoms with Crippen molar-refractivity contribution in [2.45, 2.75) is 13.5 Å². The maximum atomic E-state index is 6.05. The van der Waals surface area contributed by atoms with Crippen molar-refractivity contribution in [1.82, 2.24) is 9.78 Å². The zero-order chi connectivity index (χ0) is 13.3. The van der Waals surface area contributed by atoms with Crippen LogP contribution in [0.5, 0.6) is 0 Å². The van der Waals surface area contributed by atoms with Crippen molar-refractivity contribution >= 4 is 49.1 Å². The van der Waals surface area contributed by atoms with Crippen LogP contribution in [0.4, 0.5) is 5.69 Å². The van der Waals surface area contributed by atoms with Crippen LogP contribution in [-0.2, 0) is 13.6 Å². The summed E-state index contributed by atoms with van der Waals surface area (Å²) in [5, 5.41) is 8.37. The van der Waals surface area contributed by atoms with Gasteiger partial charge in [0.25, 0.3) is 0 Å². The lowest BCUT2D eigenvalue weighted by Gasteiger charge is -2.08. The molecule has 0 fully saturated rings. The zero-order valence-corrected chi connectivity index (χ0v) is 13.9. The Morgan fingerprint density at radius 3 is 2.67 bits per heavy atom. The van der Waals surface area contributed by atoms with Gasteiger partial charge in [0, 0.05) is 17.2 Å². The lowest BCUT2D eigenvalue weighted by molar-refractivity contribution is 0.712. The summed E-state index contributed by atoms with van der Waals surface area (Å²) in [5.74, 6) is 0. The van der Waals surface area contributed by atoms with Crippen LogP contribution in [0, 0.1) is 6.92 Å². The Kier molecular flexibility index (Phi) is 4.35. The molecule has 0 bridgehead atoms. The minimum atomic E-state index is 0.690. The lowest BCUT2D eigenvalue weighted by atomic mass is 10.3. The summed E-state index contributed by atoms with van der Waals surface area (Å²) in [5.41, 5.74) is 3.07. The fourth-order valence-electron chi connectivity index (χ4n) is 1.66. The molecule has 1 aromatic carbocycles. The Balaban J connectivity index is 2.14. The third-order valence-electron chi connectivity index (χ3n) is 2.64. The summed E-state index contributed by atoms with van der Waals surface area (Å²) in [4.78, 5) is 0. The molecule has 2 aromatic rings. The smallest absolute Gasteiger partial charge is 0.0739 e. The fraction of sp³-hybridized carbons (Fsp3) is 0.250. The van der Waals surface area contributed by atoms with Gasteiger partial charge in [-0.2, -0.15) is 5.10 Å². The van der Waals surface area contributed by atoms with Crippen molar-refractivity contribution in [2.75, 3.05) is 5.32 Å². The number of aryl methyl sites for hydroxylation is 2. The van der Waals surface area contributed by atoms with E-state index >= 15 is 0 Å². The molecule has 1 N–H and O–H groups in total. The number of hydrogen-bond donors (Lipinski definition) is 1. The summed E-state index contributed by atoms with van der Waals surface area (Å²) >= 11 is 13.0. The first-order valence-electron chi connectivity index (χ1n) is 5.36. The number of anilines is 1. The standard InChI is InChI=1S/C12H12Br2ClN3/c1-7-12(14)11(18(2)17-7)6-16-8-3-4-9(13)10(15)5-8/h3-5,16H,6H2,1-2H3. The van der Waals surface area contributed by atoms with Crippen LogP contribution >= 0.6 is 43.5 Å². The topological polar surface area (TPSA) is 29.9 Å². The monoisotopic (exact) mass is 391 g/mol. The second-order valence-corrected chi connectivity index (χ2v) is 6.01. The lowest BCUT2D eigenvalue weighted by Crippen LogP contribution is -2.06. The van der Waals surface area contributed by atoms with Crippen molar-refractivity contribution < 1.29 is 0 Å². The van der Waals surface area contributed by atoms with Gasteiger partial charge in [-0.25, -0.2) is 0 Å². The molecule has 0 atom stereocenters. The summed E-state index contributed by atoms with van der Waals surface area (Å²) < 4.78 is 3.81. The number of hydrogen-bond acceptors (Lipinski definition) is 2. The SMILES string of the molecule is Cc1nn(C)c(CNc2ccc(Br)c(Cl)c2)c1Br. The quantitative estimate of drug-likeness (QED) is 0.831.